The van der Waals surface area contributed by atoms with Gasteiger partial charge in [-0.2, -0.15) is 4.98 Å². The zero-order valence-electron chi connectivity index (χ0n) is 16.5. The highest BCUT2D eigenvalue weighted by Crippen LogP contribution is 2.41. The van der Waals surface area contributed by atoms with E-state index in [2.05, 4.69) is 54.4 Å². The predicted molar refractivity (Wildman–Crippen MR) is 110 cm³/mol. The van der Waals surface area contributed by atoms with Crippen LogP contribution in [-0.4, -0.2) is 22.6 Å². The third-order valence-electron chi connectivity index (χ3n) is 6.43. The first-order chi connectivity index (χ1) is 13.1. The van der Waals surface area contributed by atoms with Crippen molar-refractivity contribution >= 4 is 11.8 Å². The van der Waals surface area contributed by atoms with Crippen LogP contribution in [0.15, 0.2) is 30.3 Å². The van der Waals surface area contributed by atoms with Crippen LogP contribution in [0, 0.1) is 0 Å². The summed E-state index contributed by atoms with van der Waals surface area (Å²) >= 11 is 0. The molecular weight excluding hydrogens is 332 g/mol. The van der Waals surface area contributed by atoms with Crippen LogP contribution in [-0.2, 0) is 12.0 Å². The lowest BCUT2D eigenvalue weighted by Gasteiger charge is -2.40. The molecule has 0 amide bonds. The highest BCUT2D eigenvalue weighted by atomic mass is 15.2. The van der Waals surface area contributed by atoms with Crippen molar-refractivity contribution in [3.63, 3.8) is 0 Å². The Labute approximate surface area is 162 Å². The number of hydrogen-bond donors (Lipinski definition) is 1. The van der Waals surface area contributed by atoms with E-state index < -0.39 is 0 Å². The number of fused-ring (bicyclic) bond motifs is 1. The van der Waals surface area contributed by atoms with Gasteiger partial charge in [-0.05, 0) is 36.8 Å². The third-order valence-corrected chi connectivity index (χ3v) is 6.43. The second-order valence-electron chi connectivity index (χ2n) is 9.27. The smallest absolute Gasteiger partial charge is 0.225 e. The number of hydrogen-bond acceptors (Lipinski definition) is 4. The molecule has 2 heterocycles. The molecule has 0 atom stereocenters. The van der Waals surface area contributed by atoms with Gasteiger partial charge in [0.2, 0.25) is 5.95 Å². The van der Waals surface area contributed by atoms with Crippen LogP contribution in [0.4, 0.5) is 11.8 Å². The number of benzene rings is 1. The summed E-state index contributed by atoms with van der Waals surface area (Å²) in [6.45, 7) is 6.62. The van der Waals surface area contributed by atoms with Crippen LogP contribution < -0.4 is 10.2 Å². The molecule has 1 aromatic carbocycles. The molecule has 0 radical (unpaired) electrons. The summed E-state index contributed by atoms with van der Waals surface area (Å²) in [5.74, 6) is 2.58. The van der Waals surface area contributed by atoms with E-state index >= 15 is 0 Å². The topological polar surface area (TPSA) is 41.1 Å². The van der Waals surface area contributed by atoms with Crippen LogP contribution in [0.3, 0.4) is 0 Å². The van der Waals surface area contributed by atoms with E-state index in [-0.39, 0.29) is 5.41 Å². The Kier molecular flexibility index (Phi) is 4.10. The zero-order chi connectivity index (χ0) is 18.4. The standard InChI is InChI=1S/C23H30N4/c1-23(2)15-27(14-17-7-3-6-10-19(17)23)21-13-20(16-11-12-16)25-22(26-21)24-18-8-4-5-9-18/h3,6-7,10,13,16,18H,4-5,8-9,11-12,14-15H2,1-2H3,(H,24,25,26). The van der Waals surface area contributed by atoms with Crippen molar-refractivity contribution in [3.05, 3.63) is 47.2 Å². The Balaban J connectivity index is 1.48. The zero-order valence-corrected chi connectivity index (χ0v) is 16.5. The van der Waals surface area contributed by atoms with E-state index in [1.807, 2.05) is 0 Å². The fraction of sp³-hybridized carbons (Fsp3) is 0.565. The summed E-state index contributed by atoms with van der Waals surface area (Å²) in [7, 11) is 0. The van der Waals surface area contributed by atoms with Gasteiger partial charge in [-0.1, -0.05) is 51.0 Å². The first kappa shape index (κ1) is 17.0. The maximum Gasteiger partial charge on any atom is 0.225 e. The molecule has 2 fully saturated rings. The molecule has 4 heteroatoms. The second-order valence-corrected chi connectivity index (χ2v) is 9.27. The molecule has 4 nitrogen and oxygen atoms in total. The lowest BCUT2D eigenvalue weighted by Crippen LogP contribution is -2.42. The molecule has 142 valence electrons. The minimum absolute atomic E-state index is 0.124. The Bertz CT molecular complexity index is 834. The normalized spacial score (nSPS) is 21.9. The van der Waals surface area contributed by atoms with Gasteiger partial charge in [0.1, 0.15) is 5.82 Å². The summed E-state index contributed by atoms with van der Waals surface area (Å²) < 4.78 is 0. The van der Waals surface area contributed by atoms with E-state index in [1.165, 1.54) is 55.3 Å². The van der Waals surface area contributed by atoms with E-state index in [0.29, 0.717) is 12.0 Å². The summed E-state index contributed by atoms with van der Waals surface area (Å²) in [6.07, 6.45) is 7.68. The maximum atomic E-state index is 4.97. The van der Waals surface area contributed by atoms with Crippen molar-refractivity contribution in [2.75, 3.05) is 16.8 Å². The molecule has 2 saturated carbocycles. The molecule has 0 unspecified atom stereocenters. The summed E-state index contributed by atoms with van der Waals surface area (Å²) in [6, 6.07) is 11.7. The minimum Gasteiger partial charge on any atom is -0.351 e. The molecule has 27 heavy (non-hydrogen) atoms. The van der Waals surface area contributed by atoms with Crippen LogP contribution in [0.1, 0.15) is 75.1 Å². The van der Waals surface area contributed by atoms with Gasteiger partial charge in [-0.3, -0.25) is 0 Å². The fourth-order valence-corrected chi connectivity index (χ4v) is 4.82. The van der Waals surface area contributed by atoms with Crippen LogP contribution in [0.2, 0.25) is 0 Å². The van der Waals surface area contributed by atoms with Gasteiger partial charge in [0, 0.05) is 36.5 Å². The molecule has 0 bridgehead atoms. The van der Waals surface area contributed by atoms with Crippen molar-refractivity contribution in [1.82, 2.24) is 9.97 Å². The van der Waals surface area contributed by atoms with E-state index in [4.69, 9.17) is 9.97 Å². The lowest BCUT2D eigenvalue weighted by molar-refractivity contribution is 0.474. The molecule has 1 aromatic heterocycles. The van der Waals surface area contributed by atoms with Crippen LogP contribution >= 0.6 is 0 Å². The van der Waals surface area contributed by atoms with Gasteiger partial charge in [0.25, 0.3) is 0 Å². The Hall–Kier alpha value is -2.10. The van der Waals surface area contributed by atoms with Gasteiger partial charge < -0.3 is 10.2 Å². The van der Waals surface area contributed by atoms with Gasteiger partial charge in [0.15, 0.2) is 0 Å². The van der Waals surface area contributed by atoms with Crippen molar-refractivity contribution < 1.29 is 0 Å². The van der Waals surface area contributed by atoms with Gasteiger partial charge in [0.05, 0.1) is 5.69 Å². The molecule has 0 spiro atoms. The van der Waals surface area contributed by atoms with Crippen molar-refractivity contribution in [2.24, 2.45) is 0 Å². The number of nitrogens with one attached hydrogen (secondary N) is 1. The fourth-order valence-electron chi connectivity index (χ4n) is 4.82. The number of nitrogens with zero attached hydrogens (tertiary/aromatic N) is 3. The Morgan fingerprint density at radius 1 is 1.04 bits per heavy atom. The average molecular weight is 363 g/mol. The van der Waals surface area contributed by atoms with E-state index in [1.54, 1.807) is 0 Å². The maximum absolute atomic E-state index is 4.97. The SMILES string of the molecule is CC1(C)CN(c2cc(C3CC3)nc(NC3CCCC3)n2)Cc2ccccc21. The van der Waals surface area contributed by atoms with E-state index in [9.17, 15) is 0 Å². The van der Waals surface area contributed by atoms with Gasteiger partial charge in [-0.25, -0.2) is 4.98 Å². The van der Waals surface area contributed by atoms with Crippen molar-refractivity contribution in [2.45, 2.75) is 76.3 Å². The number of anilines is 2. The third kappa shape index (κ3) is 3.42. The first-order valence-corrected chi connectivity index (χ1v) is 10.6. The van der Waals surface area contributed by atoms with Crippen molar-refractivity contribution in [1.29, 1.82) is 0 Å². The highest BCUT2D eigenvalue weighted by Gasteiger charge is 2.33. The monoisotopic (exact) mass is 362 g/mol. The molecule has 5 rings (SSSR count). The highest BCUT2D eigenvalue weighted by molar-refractivity contribution is 5.51. The average Bonchev–Trinajstić information content (AvgIpc) is 3.39. The van der Waals surface area contributed by atoms with Crippen LogP contribution in [0.25, 0.3) is 0 Å². The molecule has 1 aliphatic heterocycles. The van der Waals surface area contributed by atoms with Crippen LogP contribution in [0.5, 0.6) is 0 Å². The molecule has 0 saturated heterocycles. The molecule has 3 aliphatic rings. The largest absolute Gasteiger partial charge is 0.351 e. The molecule has 1 N–H and O–H groups in total. The number of rotatable bonds is 4. The van der Waals surface area contributed by atoms with Gasteiger partial charge >= 0.3 is 0 Å². The molecular formula is C23H30N4. The summed E-state index contributed by atoms with van der Waals surface area (Å²) in [4.78, 5) is 12.3. The van der Waals surface area contributed by atoms with Gasteiger partial charge in [-0.15, -0.1) is 0 Å². The second kappa shape index (κ2) is 6.50. The Morgan fingerprint density at radius 3 is 2.59 bits per heavy atom. The molecule has 2 aliphatic carbocycles. The molecule has 2 aromatic rings. The predicted octanol–water partition coefficient (Wildman–Crippen LogP) is 5.01. The summed E-state index contributed by atoms with van der Waals surface area (Å²) in [5.41, 5.74) is 4.25. The summed E-state index contributed by atoms with van der Waals surface area (Å²) in [5, 5.41) is 3.63. The Morgan fingerprint density at radius 2 is 1.81 bits per heavy atom. The van der Waals surface area contributed by atoms with Crippen molar-refractivity contribution in [3.8, 4) is 0 Å². The quantitative estimate of drug-likeness (QED) is 0.830. The minimum atomic E-state index is 0.124. The van der Waals surface area contributed by atoms with E-state index in [0.717, 1.165) is 24.9 Å². The lowest BCUT2D eigenvalue weighted by atomic mass is 9.78. The first-order valence-electron chi connectivity index (χ1n) is 10.6. The number of aromatic nitrogens is 2.